The lowest BCUT2D eigenvalue weighted by Gasteiger charge is -2.16. The Bertz CT molecular complexity index is 226. The second-order valence-electron chi connectivity index (χ2n) is 4.41. The molecule has 4 heteroatoms. The van der Waals surface area contributed by atoms with E-state index >= 15 is 0 Å². The molecule has 15 heavy (non-hydrogen) atoms. The Hall–Kier alpha value is -0.450. The van der Waals surface area contributed by atoms with E-state index in [9.17, 15) is 4.79 Å². The summed E-state index contributed by atoms with van der Waals surface area (Å²) >= 11 is 0. The lowest BCUT2D eigenvalue weighted by atomic mass is 10.0. The van der Waals surface area contributed by atoms with Crippen molar-refractivity contribution in [3.63, 3.8) is 0 Å². The Morgan fingerprint density at radius 1 is 1.53 bits per heavy atom. The summed E-state index contributed by atoms with van der Waals surface area (Å²) < 4.78 is 10.5. The van der Waals surface area contributed by atoms with Crippen LogP contribution in [-0.2, 0) is 14.3 Å². The molecule has 0 saturated carbocycles. The minimum absolute atomic E-state index is 0.145. The zero-order valence-corrected chi connectivity index (χ0v) is 9.28. The summed E-state index contributed by atoms with van der Waals surface area (Å²) in [5, 5.41) is 0. The van der Waals surface area contributed by atoms with E-state index in [0.29, 0.717) is 25.0 Å². The van der Waals surface area contributed by atoms with E-state index in [1.165, 1.54) is 0 Å². The maximum Gasteiger partial charge on any atom is 0.152 e. The number of ether oxygens (including phenoxy) is 2. The summed E-state index contributed by atoms with van der Waals surface area (Å²) in [4.78, 5) is 14.0. The molecule has 2 aliphatic heterocycles. The van der Waals surface area contributed by atoms with Gasteiger partial charge in [-0.2, -0.15) is 0 Å². The van der Waals surface area contributed by atoms with Crippen LogP contribution >= 0.6 is 0 Å². The first-order chi connectivity index (χ1) is 7.29. The second kappa shape index (κ2) is 5.05. The van der Waals surface area contributed by atoms with Crippen LogP contribution in [0.3, 0.4) is 0 Å². The molecule has 0 spiro atoms. The summed E-state index contributed by atoms with van der Waals surface area (Å²) in [5.74, 6) is 0.482. The number of carbonyl (C=O) groups is 1. The molecule has 0 aromatic rings. The molecule has 2 heterocycles. The quantitative estimate of drug-likeness (QED) is 0.674. The van der Waals surface area contributed by atoms with E-state index in [1.54, 1.807) is 7.11 Å². The van der Waals surface area contributed by atoms with Gasteiger partial charge in [0.05, 0.1) is 19.3 Å². The number of carbonyl (C=O) groups excluding carboxylic acids is 1. The lowest BCUT2D eigenvalue weighted by Crippen LogP contribution is -2.32. The zero-order valence-electron chi connectivity index (χ0n) is 9.28. The molecule has 2 aliphatic rings. The molecule has 86 valence electrons. The number of likely N-dealkylation sites (tertiary alicyclic amines) is 1. The predicted octanol–water partition coefficient (Wildman–Crippen LogP) is 0.313. The maximum absolute atomic E-state index is 11.8. The highest BCUT2D eigenvalue weighted by atomic mass is 16.5. The van der Waals surface area contributed by atoms with E-state index in [1.807, 2.05) is 0 Å². The summed E-state index contributed by atoms with van der Waals surface area (Å²) in [5.41, 5.74) is 0. The molecule has 2 unspecified atom stereocenters. The molecule has 0 N–H and O–H groups in total. The first-order valence-corrected chi connectivity index (χ1v) is 5.65. The summed E-state index contributed by atoms with van der Waals surface area (Å²) in [7, 11) is 1.74. The normalized spacial score (nSPS) is 32.3. The molecule has 4 nitrogen and oxygen atoms in total. The smallest absolute Gasteiger partial charge is 0.152 e. The van der Waals surface area contributed by atoms with E-state index in [4.69, 9.17) is 9.47 Å². The zero-order chi connectivity index (χ0) is 10.7. The molecule has 2 saturated heterocycles. The van der Waals surface area contributed by atoms with Gasteiger partial charge in [-0.05, 0) is 12.8 Å². The standard InChI is InChI=1S/C11H19NO3/c1-14-10-2-4-12(6-10)7-11(13)9-3-5-15-8-9/h9-10H,2-8H2,1H3. The first-order valence-electron chi connectivity index (χ1n) is 5.65. The van der Waals surface area contributed by atoms with Crippen LogP contribution < -0.4 is 0 Å². The molecule has 0 aromatic heterocycles. The van der Waals surface area contributed by atoms with Gasteiger partial charge in [0.1, 0.15) is 0 Å². The van der Waals surface area contributed by atoms with Crippen molar-refractivity contribution in [2.45, 2.75) is 18.9 Å². The fourth-order valence-electron chi connectivity index (χ4n) is 2.27. The number of methoxy groups -OCH3 is 1. The van der Waals surface area contributed by atoms with Gasteiger partial charge in [-0.1, -0.05) is 0 Å². The van der Waals surface area contributed by atoms with E-state index in [2.05, 4.69) is 4.90 Å². The molecule has 0 bridgehead atoms. The number of rotatable bonds is 4. The van der Waals surface area contributed by atoms with Gasteiger partial charge < -0.3 is 9.47 Å². The third-order valence-electron chi connectivity index (χ3n) is 3.33. The van der Waals surface area contributed by atoms with Gasteiger partial charge in [0, 0.05) is 32.7 Å². The van der Waals surface area contributed by atoms with Crippen molar-refractivity contribution in [3.05, 3.63) is 0 Å². The third kappa shape index (κ3) is 2.77. The van der Waals surface area contributed by atoms with E-state index in [-0.39, 0.29) is 5.92 Å². The highest BCUT2D eigenvalue weighted by molar-refractivity contribution is 5.83. The van der Waals surface area contributed by atoms with Crippen molar-refractivity contribution < 1.29 is 14.3 Å². The van der Waals surface area contributed by atoms with Crippen LogP contribution in [0.4, 0.5) is 0 Å². The minimum Gasteiger partial charge on any atom is -0.381 e. The van der Waals surface area contributed by atoms with Gasteiger partial charge in [-0.3, -0.25) is 9.69 Å². The van der Waals surface area contributed by atoms with Crippen LogP contribution in [0.2, 0.25) is 0 Å². The Labute approximate surface area is 90.5 Å². The van der Waals surface area contributed by atoms with Gasteiger partial charge >= 0.3 is 0 Å². The Kier molecular flexibility index (Phi) is 3.72. The number of hydrogen-bond donors (Lipinski definition) is 0. The van der Waals surface area contributed by atoms with Crippen LogP contribution in [0, 0.1) is 5.92 Å². The van der Waals surface area contributed by atoms with Gasteiger partial charge in [-0.25, -0.2) is 0 Å². The maximum atomic E-state index is 11.8. The average Bonchev–Trinajstić information content (AvgIpc) is 2.87. The van der Waals surface area contributed by atoms with Crippen LogP contribution in [-0.4, -0.2) is 56.7 Å². The Morgan fingerprint density at radius 2 is 2.40 bits per heavy atom. The average molecular weight is 213 g/mol. The van der Waals surface area contributed by atoms with Gasteiger partial charge in [-0.15, -0.1) is 0 Å². The lowest BCUT2D eigenvalue weighted by molar-refractivity contribution is -0.123. The third-order valence-corrected chi connectivity index (χ3v) is 3.33. The molecule has 0 aliphatic carbocycles. The Balaban J connectivity index is 1.74. The molecule has 2 rings (SSSR count). The van der Waals surface area contributed by atoms with E-state index < -0.39 is 0 Å². The first kappa shape index (κ1) is 11.0. The summed E-state index contributed by atoms with van der Waals surface area (Å²) in [6.45, 7) is 3.83. The van der Waals surface area contributed by atoms with Crippen molar-refractivity contribution in [2.24, 2.45) is 5.92 Å². The van der Waals surface area contributed by atoms with Gasteiger partial charge in [0.25, 0.3) is 0 Å². The molecule has 2 atom stereocenters. The van der Waals surface area contributed by atoms with Crippen molar-refractivity contribution in [1.29, 1.82) is 0 Å². The predicted molar refractivity (Wildman–Crippen MR) is 55.8 cm³/mol. The van der Waals surface area contributed by atoms with Gasteiger partial charge in [0.2, 0.25) is 0 Å². The number of Topliss-reactive ketones (excluding diaryl/α,β-unsaturated/α-hetero) is 1. The van der Waals surface area contributed by atoms with Crippen molar-refractivity contribution >= 4 is 5.78 Å². The van der Waals surface area contributed by atoms with Crippen LogP contribution in [0.25, 0.3) is 0 Å². The molecule has 2 fully saturated rings. The van der Waals surface area contributed by atoms with Crippen LogP contribution in [0.1, 0.15) is 12.8 Å². The largest absolute Gasteiger partial charge is 0.381 e. The summed E-state index contributed by atoms with van der Waals surface area (Å²) in [6, 6.07) is 0. The number of nitrogens with zero attached hydrogens (tertiary/aromatic N) is 1. The van der Waals surface area contributed by atoms with Crippen molar-refractivity contribution in [1.82, 2.24) is 4.90 Å². The fraction of sp³-hybridized carbons (Fsp3) is 0.909. The molecule has 0 amide bonds. The summed E-state index contributed by atoms with van der Waals surface area (Å²) in [6.07, 6.45) is 2.27. The van der Waals surface area contributed by atoms with Crippen molar-refractivity contribution in [3.8, 4) is 0 Å². The number of hydrogen-bond acceptors (Lipinski definition) is 4. The number of ketones is 1. The molecule has 0 aromatic carbocycles. The Morgan fingerprint density at radius 3 is 3.00 bits per heavy atom. The molecular formula is C11H19NO3. The van der Waals surface area contributed by atoms with Crippen LogP contribution in [0.15, 0.2) is 0 Å². The highest BCUT2D eigenvalue weighted by Gasteiger charge is 2.28. The monoisotopic (exact) mass is 213 g/mol. The highest BCUT2D eigenvalue weighted by Crippen LogP contribution is 2.16. The van der Waals surface area contributed by atoms with Crippen LogP contribution in [0.5, 0.6) is 0 Å². The SMILES string of the molecule is COC1CCN(CC(=O)C2CCOC2)C1. The van der Waals surface area contributed by atoms with E-state index in [0.717, 1.165) is 32.5 Å². The second-order valence-corrected chi connectivity index (χ2v) is 4.41. The molecular weight excluding hydrogens is 194 g/mol. The van der Waals surface area contributed by atoms with Gasteiger partial charge in [0.15, 0.2) is 5.78 Å². The fourth-order valence-corrected chi connectivity index (χ4v) is 2.27. The molecule has 0 radical (unpaired) electrons. The van der Waals surface area contributed by atoms with Crippen molar-refractivity contribution in [2.75, 3.05) is 40.0 Å². The topological polar surface area (TPSA) is 38.8 Å². The minimum atomic E-state index is 0.145.